The summed E-state index contributed by atoms with van der Waals surface area (Å²) in [6, 6.07) is 16.4. The lowest BCUT2D eigenvalue weighted by Crippen LogP contribution is -2.25. The number of nitrogens with zero attached hydrogens (tertiary/aromatic N) is 6. The average molecular weight is 522 g/mol. The van der Waals surface area contributed by atoms with Gasteiger partial charge in [-0.3, -0.25) is 14.8 Å². The summed E-state index contributed by atoms with van der Waals surface area (Å²) in [5.74, 6) is 0.524. The van der Waals surface area contributed by atoms with Crippen molar-refractivity contribution in [3.05, 3.63) is 102 Å². The van der Waals surface area contributed by atoms with Crippen LogP contribution in [0.5, 0.6) is 0 Å². The first-order valence-electron chi connectivity index (χ1n) is 12.0. The van der Waals surface area contributed by atoms with Crippen molar-refractivity contribution in [2.45, 2.75) is 13.5 Å². The standard InChI is InChI=1S/C28H24FN9O/c1-17-10-23(36-25-16-32-24(37-25)15-30-2)38-27(35-17)20-11-21(29)26(33-14-20)28(39)34-13-18-8-9-22(31-12-18)19-6-4-3-5-7-19/h3-12,14-16H,13H2,1-2H3,(H,32,37)(H,34,39)(H,35,36,38). The molecule has 194 valence electrons. The third-order valence-corrected chi connectivity index (χ3v) is 5.63. The number of hydrogen-bond acceptors (Lipinski definition) is 8. The number of hydrogen-bond donors (Lipinski definition) is 3. The Morgan fingerprint density at radius 2 is 1.85 bits per heavy atom. The number of benzene rings is 1. The van der Waals surface area contributed by atoms with Crippen molar-refractivity contribution < 1.29 is 9.18 Å². The van der Waals surface area contributed by atoms with E-state index in [-0.39, 0.29) is 18.1 Å². The second-order valence-electron chi connectivity index (χ2n) is 8.57. The van der Waals surface area contributed by atoms with Crippen LogP contribution in [0.3, 0.4) is 0 Å². The number of imidazole rings is 1. The summed E-state index contributed by atoms with van der Waals surface area (Å²) < 4.78 is 14.9. The van der Waals surface area contributed by atoms with Crippen molar-refractivity contribution in [2.24, 2.45) is 4.99 Å². The van der Waals surface area contributed by atoms with Gasteiger partial charge in [0.15, 0.2) is 17.3 Å². The lowest BCUT2D eigenvalue weighted by molar-refractivity contribution is 0.0941. The minimum atomic E-state index is -0.778. The number of pyridine rings is 2. The summed E-state index contributed by atoms with van der Waals surface area (Å²) in [5.41, 5.74) is 3.27. The number of aromatic amines is 1. The van der Waals surface area contributed by atoms with Gasteiger partial charge in [0, 0.05) is 48.9 Å². The summed E-state index contributed by atoms with van der Waals surface area (Å²) in [6.45, 7) is 1.98. The van der Waals surface area contributed by atoms with E-state index in [1.807, 2.05) is 42.5 Å². The summed E-state index contributed by atoms with van der Waals surface area (Å²) in [5, 5.41) is 5.80. The van der Waals surface area contributed by atoms with Gasteiger partial charge < -0.3 is 15.6 Å². The Morgan fingerprint density at radius 3 is 2.59 bits per heavy atom. The van der Waals surface area contributed by atoms with Gasteiger partial charge in [0.25, 0.3) is 5.91 Å². The van der Waals surface area contributed by atoms with Crippen LogP contribution in [-0.2, 0) is 6.54 Å². The average Bonchev–Trinajstić information content (AvgIpc) is 3.39. The van der Waals surface area contributed by atoms with E-state index in [9.17, 15) is 9.18 Å². The van der Waals surface area contributed by atoms with Crippen molar-refractivity contribution in [1.29, 1.82) is 0 Å². The SMILES string of the molecule is CN=Cc1ncc(Nc2cc(C)nc(-c3cnc(C(=O)NCc4ccc(-c5ccccc5)nc4)c(F)c3)n2)[nH]1. The van der Waals surface area contributed by atoms with Gasteiger partial charge in [-0.25, -0.2) is 24.3 Å². The van der Waals surface area contributed by atoms with Crippen molar-refractivity contribution in [3.8, 4) is 22.6 Å². The molecule has 5 aromatic rings. The van der Waals surface area contributed by atoms with E-state index in [4.69, 9.17) is 0 Å². The highest BCUT2D eigenvalue weighted by molar-refractivity contribution is 5.92. The number of amides is 1. The Balaban J connectivity index is 1.26. The molecule has 0 aliphatic heterocycles. The molecule has 3 N–H and O–H groups in total. The summed E-state index contributed by atoms with van der Waals surface area (Å²) in [6.07, 6.45) is 6.25. The number of aromatic nitrogens is 6. The van der Waals surface area contributed by atoms with E-state index in [1.165, 1.54) is 12.3 Å². The number of carbonyl (C=O) groups is 1. The Bertz CT molecular complexity index is 1630. The Labute approximate surface area is 223 Å². The fourth-order valence-corrected chi connectivity index (χ4v) is 3.79. The second-order valence-corrected chi connectivity index (χ2v) is 8.57. The topological polar surface area (TPSA) is 134 Å². The molecule has 11 heteroatoms. The fourth-order valence-electron chi connectivity index (χ4n) is 3.79. The number of nitrogens with one attached hydrogen (secondary N) is 3. The minimum Gasteiger partial charge on any atom is -0.346 e. The molecule has 1 amide bonds. The van der Waals surface area contributed by atoms with E-state index in [0.29, 0.717) is 28.7 Å². The van der Waals surface area contributed by atoms with E-state index in [0.717, 1.165) is 16.8 Å². The molecule has 4 aromatic heterocycles. The van der Waals surface area contributed by atoms with E-state index in [1.54, 1.807) is 38.6 Å². The highest BCUT2D eigenvalue weighted by Crippen LogP contribution is 2.21. The molecule has 1 aromatic carbocycles. The van der Waals surface area contributed by atoms with Crippen LogP contribution in [0.25, 0.3) is 22.6 Å². The number of carbonyl (C=O) groups excluding carboxylic acids is 1. The number of aryl methyl sites for hydroxylation is 1. The van der Waals surface area contributed by atoms with Gasteiger partial charge in [-0.2, -0.15) is 0 Å². The van der Waals surface area contributed by atoms with Crippen molar-refractivity contribution >= 4 is 23.8 Å². The van der Waals surface area contributed by atoms with Gasteiger partial charge in [-0.1, -0.05) is 36.4 Å². The molecule has 0 aliphatic carbocycles. The Kier molecular flexibility index (Phi) is 7.39. The van der Waals surface area contributed by atoms with Crippen molar-refractivity contribution in [3.63, 3.8) is 0 Å². The van der Waals surface area contributed by atoms with Crippen LogP contribution in [-0.4, -0.2) is 49.1 Å². The van der Waals surface area contributed by atoms with Crippen molar-refractivity contribution in [1.82, 2.24) is 35.2 Å². The molecule has 0 saturated carbocycles. The third kappa shape index (κ3) is 6.16. The zero-order chi connectivity index (χ0) is 27.2. The number of H-pyrrole nitrogens is 1. The van der Waals surface area contributed by atoms with Gasteiger partial charge in [0.05, 0.1) is 18.1 Å². The van der Waals surface area contributed by atoms with Gasteiger partial charge in [-0.15, -0.1) is 0 Å². The van der Waals surface area contributed by atoms with Crippen LogP contribution in [0.2, 0.25) is 0 Å². The normalized spacial score (nSPS) is 11.1. The largest absolute Gasteiger partial charge is 0.346 e. The molecule has 0 saturated heterocycles. The van der Waals surface area contributed by atoms with Crippen LogP contribution in [0.4, 0.5) is 16.0 Å². The molecule has 39 heavy (non-hydrogen) atoms. The molecule has 10 nitrogen and oxygen atoms in total. The lowest BCUT2D eigenvalue weighted by Gasteiger charge is -2.09. The van der Waals surface area contributed by atoms with Gasteiger partial charge in [0.2, 0.25) is 0 Å². The highest BCUT2D eigenvalue weighted by Gasteiger charge is 2.16. The second kappa shape index (κ2) is 11.4. The molecule has 4 heterocycles. The Hall–Kier alpha value is -5.32. The van der Waals surface area contributed by atoms with Gasteiger partial charge in [0.1, 0.15) is 17.5 Å². The molecule has 0 radical (unpaired) electrons. The zero-order valence-electron chi connectivity index (χ0n) is 21.2. The summed E-state index contributed by atoms with van der Waals surface area (Å²) in [7, 11) is 1.65. The van der Waals surface area contributed by atoms with Crippen LogP contribution < -0.4 is 10.6 Å². The molecule has 0 atom stereocenters. The van der Waals surface area contributed by atoms with E-state index in [2.05, 4.69) is 45.5 Å². The number of anilines is 2. The van der Waals surface area contributed by atoms with Crippen LogP contribution in [0.1, 0.15) is 27.6 Å². The Morgan fingerprint density at radius 1 is 1.00 bits per heavy atom. The predicted octanol–water partition coefficient (Wildman–Crippen LogP) is 4.49. The fraction of sp³-hybridized carbons (Fsp3) is 0.107. The van der Waals surface area contributed by atoms with Crippen molar-refractivity contribution in [2.75, 3.05) is 12.4 Å². The molecule has 0 spiro atoms. The lowest BCUT2D eigenvalue weighted by atomic mass is 10.1. The summed E-state index contributed by atoms with van der Waals surface area (Å²) >= 11 is 0. The number of rotatable bonds is 8. The van der Waals surface area contributed by atoms with Gasteiger partial charge >= 0.3 is 0 Å². The maximum atomic E-state index is 14.9. The van der Waals surface area contributed by atoms with Crippen LogP contribution in [0.15, 0.2) is 78.2 Å². The highest BCUT2D eigenvalue weighted by atomic mass is 19.1. The third-order valence-electron chi connectivity index (χ3n) is 5.63. The molecule has 0 fully saturated rings. The van der Waals surface area contributed by atoms with Gasteiger partial charge in [-0.05, 0) is 24.6 Å². The molecular formula is C28H24FN9O. The predicted molar refractivity (Wildman–Crippen MR) is 146 cm³/mol. The first-order valence-corrected chi connectivity index (χ1v) is 12.0. The van der Waals surface area contributed by atoms with E-state index < -0.39 is 11.7 Å². The molecule has 0 bridgehead atoms. The summed E-state index contributed by atoms with van der Waals surface area (Å²) in [4.78, 5) is 41.1. The molecule has 0 aliphatic rings. The first kappa shape index (κ1) is 25.3. The number of halogens is 1. The maximum absolute atomic E-state index is 14.9. The van der Waals surface area contributed by atoms with Crippen LogP contribution in [0, 0.1) is 12.7 Å². The van der Waals surface area contributed by atoms with Crippen LogP contribution >= 0.6 is 0 Å². The molecular weight excluding hydrogens is 497 g/mol. The maximum Gasteiger partial charge on any atom is 0.273 e. The quantitative estimate of drug-likeness (QED) is 0.256. The number of aliphatic imine (C=N–C) groups is 1. The monoisotopic (exact) mass is 521 g/mol. The first-order chi connectivity index (χ1) is 19.0. The minimum absolute atomic E-state index is 0.180. The smallest absolute Gasteiger partial charge is 0.273 e. The van der Waals surface area contributed by atoms with E-state index >= 15 is 0 Å². The molecule has 5 rings (SSSR count). The zero-order valence-corrected chi connectivity index (χ0v) is 21.2. The molecule has 0 unspecified atom stereocenters.